The van der Waals surface area contributed by atoms with E-state index < -0.39 is 0 Å². The fraction of sp³-hybridized carbons (Fsp3) is 0.467. The number of hydrogen-bond acceptors (Lipinski definition) is 4. The van der Waals surface area contributed by atoms with E-state index in [1.54, 1.807) is 11.0 Å². The molecule has 0 N–H and O–H groups in total. The van der Waals surface area contributed by atoms with Crippen molar-refractivity contribution in [1.29, 1.82) is 0 Å². The summed E-state index contributed by atoms with van der Waals surface area (Å²) >= 11 is 0. The van der Waals surface area contributed by atoms with Crippen LogP contribution in [0.5, 0.6) is 0 Å². The van der Waals surface area contributed by atoms with E-state index >= 15 is 0 Å². The zero-order valence-corrected chi connectivity index (χ0v) is 21.9. The molecule has 1 fully saturated rings. The van der Waals surface area contributed by atoms with E-state index in [0.29, 0.717) is 12.5 Å². The van der Waals surface area contributed by atoms with Crippen molar-refractivity contribution in [3.63, 3.8) is 0 Å². The van der Waals surface area contributed by atoms with Gasteiger partial charge in [-0.15, -0.1) is 5.10 Å². The summed E-state index contributed by atoms with van der Waals surface area (Å²) in [7, 11) is 0. The highest BCUT2D eigenvalue weighted by Gasteiger charge is 2.18. The number of hydrogen-bond donors (Lipinski definition) is 0. The van der Waals surface area contributed by atoms with Gasteiger partial charge < -0.3 is 0 Å². The lowest BCUT2D eigenvalue weighted by Gasteiger charge is -2.21. The van der Waals surface area contributed by atoms with Crippen LogP contribution in [0.2, 0.25) is 0 Å². The molecule has 0 radical (unpaired) electrons. The summed E-state index contributed by atoms with van der Waals surface area (Å²) < 4.78 is 5.70. The molecule has 7 nitrogen and oxygen atoms in total. The van der Waals surface area contributed by atoms with Crippen LogP contribution in [0.4, 0.5) is 0 Å². The van der Waals surface area contributed by atoms with Crippen LogP contribution in [0, 0.1) is 5.92 Å². The van der Waals surface area contributed by atoms with Crippen molar-refractivity contribution in [2.75, 3.05) is 0 Å². The van der Waals surface area contributed by atoms with Gasteiger partial charge in [-0.25, -0.2) is 4.79 Å². The van der Waals surface area contributed by atoms with E-state index in [9.17, 15) is 4.79 Å². The number of tetrazole rings is 1. The van der Waals surface area contributed by atoms with Crippen molar-refractivity contribution in [2.45, 2.75) is 84.2 Å². The summed E-state index contributed by atoms with van der Waals surface area (Å²) in [6.07, 6.45) is 16.0. The topological polar surface area (TPSA) is 70.5 Å². The number of aromatic nitrogens is 6. The number of imidazole rings is 1. The Balaban J connectivity index is 1.37. The Hall–Kier alpha value is -3.48. The molecule has 0 atom stereocenters. The van der Waals surface area contributed by atoms with Crippen molar-refractivity contribution < 1.29 is 0 Å². The highest BCUT2D eigenvalue weighted by molar-refractivity contribution is 5.72. The first kappa shape index (κ1) is 25.2. The van der Waals surface area contributed by atoms with E-state index in [4.69, 9.17) is 0 Å². The molecule has 1 aliphatic carbocycles. The molecule has 2 heterocycles. The molecule has 7 heteroatoms. The minimum absolute atomic E-state index is 0.143. The quantitative estimate of drug-likeness (QED) is 0.236. The number of rotatable bonds is 11. The molecular formula is C30H38N6O. The van der Waals surface area contributed by atoms with Gasteiger partial charge in [0.2, 0.25) is 0 Å². The molecule has 0 spiro atoms. The molecule has 1 saturated carbocycles. The third kappa shape index (κ3) is 6.09. The average Bonchev–Trinajstić information content (AvgIpc) is 3.57. The molecule has 0 saturated heterocycles. The van der Waals surface area contributed by atoms with Crippen molar-refractivity contribution in [3.05, 3.63) is 82.8 Å². The lowest BCUT2D eigenvalue weighted by molar-refractivity contribution is 0.315. The van der Waals surface area contributed by atoms with Gasteiger partial charge in [-0.05, 0) is 59.2 Å². The lowest BCUT2D eigenvalue weighted by Crippen LogP contribution is -2.28. The fourth-order valence-electron chi connectivity index (χ4n) is 5.62. The summed E-state index contributed by atoms with van der Waals surface area (Å²) in [5, 5.41) is 11.6. The third-order valence-electron chi connectivity index (χ3n) is 7.70. The van der Waals surface area contributed by atoms with Crippen LogP contribution >= 0.6 is 0 Å². The third-order valence-corrected chi connectivity index (χ3v) is 7.70. The van der Waals surface area contributed by atoms with Gasteiger partial charge in [0.25, 0.3) is 0 Å². The minimum atomic E-state index is 0.143. The zero-order valence-electron chi connectivity index (χ0n) is 21.9. The number of benzene rings is 2. The van der Waals surface area contributed by atoms with Crippen LogP contribution in [0.3, 0.4) is 0 Å². The van der Waals surface area contributed by atoms with Crippen LogP contribution in [0.1, 0.15) is 76.0 Å². The number of aryl methyl sites for hydroxylation is 1. The standard InChI is InChI=1S/C30H38N6O/c1-2-3-4-8-13-27-22-34(20-24-11-6-5-7-12-24)30(37)35(27)21-25-16-18-26(19-17-25)28-14-9-10-15-29(28)36-23-31-32-33-36/h9-10,14-19,22-24H,2-8,11-13,20-21H2,1H3. The molecule has 5 rings (SSSR count). The molecule has 0 bridgehead atoms. The Labute approximate surface area is 219 Å². The lowest BCUT2D eigenvalue weighted by atomic mass is 9.89. The predicted molar refractivity (Wildman–Crippen MR) is 147 cm³/mol. The SMILES string of the molecule is CCCCCCc1cn(CC2CCCCC2)c(=O)n1Cc1ccc(-c2ccccc2-n2cnnn2)cc1. The summed E-state index contributed by atoms with van der Waals surface area (Å²) in [6.45, 7) is 3.71. The van der Waals surface area contributed by atoms with Gasteiger partial charge in [0, 0.05) is 24.0 Å². The minimum Gasteiger partial charge on any atom is -0.299 e. The van der Waals surface area contributed by atoms with E-state index in [-0.39, 0.29) is 5.69 Å². The first-order valence-corrected chi connectivity index (χ1v) is 13.9. The highest BCUT2D eigenvalue weighted by atomic mass is 16.1. The monoisotopic (exact) mass is 498 g/mol. The van der Waals surface area contributed by atoms with E-state index in [2.05, 4.69) is 59.0 Å². The van der Waals surface area contributed by atoms with Crippen LogP contribution in [0.25, 0.3) is 16.8 Å². The fourth-order valence-corrected chi connectivity index (χ4v) is 5.62. The van der Waals surface area contributed by atoms with E-state index in [0.717, 1.165) is 41.8 Å². The smallest absolute Gasteiger partial charge is 0.299 e. The molecule has 1 aliphatic rings. The zero-order chi connectivity index (χ0) is 25.5. The van der Waals surface area contributed by atoms with Crippen LogP contribution in [-0.4, -0.2) is 29.3 Å². The molecule has 0 aliphatic heterocycles. The maximum atomic E-state index is 13.5. The maximum Gasteiger partial charge on any atom is 0.328 e. The van der Waals surface area contributed by atoms with Gasteiger partial charge in [-0.1, -0.05) is 87.9 Å². The largest absolute Gasteiger partial charge is 0.328 e. The summed E-state index contributed by atoms with van der Waals surface area (Å²) in [5.41, 5.74) is 5.54. The highest BCUT2D eigenvalue weighted by Crippen LogP contribution is 2.27. The Bertz CT molecular complexity index is 1310. The molecule has 0 unspecified atom stereocenters. The Morgan fingerprint density at radius 1 is 0.946 bits per heavy atom. The average molecular weight is 499 g/mol. The summed E-state index contributed by atoms with van der Waals surface area (Å²) in [4.78, 5) is 13.5. The van der Waals surface area contributed by atoms with Crippen molar-refractivity contribution in [3.8, 4) is 16.8 Å². The summed E-state index contributed by atoms with van der Waals surface area (Å²) in [5.74, 6) is 0.634. The van der Waals surface area contributed by atoms with Crippen LogP contribution in [0.15, 0.2) is 65.8 Å². The molecular weight excluding hydrogens is 460 g/mol. The summed E-state index contributed by atoms with van der Waals surface area (Å²) in [6, 6.07) is 16.6. The molecule has 0 amide bonds. The van der Waals surface area contributed by atoms with Gasteiger partial charge in [0.05, 0.1) is 12.2 Å². The predicted octanol–water partition coefficient (Wildman–Crippen LogP) is 6.04. The second kappa shape index (κ2) is 12.2. The van der Waals surface area contributed by atoms with Gasteiger partial charge in [-0.2, -0.15) is 4.68 Å². The Kier molecular flexibility index (Phi) is 8.28. The second-order valence-electron chi connectivity index (χ2n) is 10.4. The van der Waals surface area contributed by atoms with Crippen molar-refractivity contribution in [2.24, 2.45) is 5.92 Å². The van der Waals surface area contributed by atoms with Crippen molar-refractivity contribution >= 4 is 0 Å². The molecule has 2 aromatic heterocycles. The van der Waals surface area contributed by atoms with E-state index in [1.165, 1.54) is 57.1 Å². The maximum absolute atomic E-state index is 13.5. The van der Waals surface area contributed by atoms with Gasteiger partial charge in [0.1, 0.15) is 6.33 Å². The molecule has 37 heavy (non-hydrogen) atoms. The van der Waals surface area contributed by atoms with Crippen LogP contribution in [-0.2, 0) is 19.5 Å². The van der Waals surface area contributed by atoms with Gasteiger partial charge in [0.15, 0.2) is 0 Å². The molecule has 4 aromatic rings. The molecule has 194 valence electrons. The van der Waals surface area contributed by atoms with Crippen molar-refractivity contribution in [1.82, 2.24) is 29.3 Å². The first-order valence-electron chi connectivity index (χ1n) is 13.9. The Morgan fingerprint density at radius 2 is 1.76 bits per heavy atom. The number of nitrogens with zero attached hydrogens (tertiary/aromatic N) is 6. The Morgan fingerprint density at radius 3 is 2.51 bits per heavy atom. The normalized spacial score (nSPS) is 14.3. The van der Waals surface area contributed by atoms with E-state index in [1.807, 2.05) is 27.3 Å². The molecule has 2 aromatic carbocycles. The van der Waals surface area contributed by atoms with Gasteiger partial charge in [-0.3, -0.25) is 9.13 Å². The second-order valence-corrected chi connectivity index (χ2v) is 10.4. The first-order chi connectivity index (χ1) is 18.2. The number of para-hydroxylation sites is 1. The van der Waals surface area contributed by atoms with Gasteiger partial charge >= 0.3 is 5.69 Å². The van der Waals surface area contributed by atoms with Crippen LogP contribution < -0.4 is 5.69 Å². The number of unbranched alkanes of at least 4 members (excludes halogenated alkanes) is 3.